The van der Waals surface area contributed by atoms with Crippen LogP contribution in [-0.4, -0.2) is 54.2 Å². The zero-order valence-corrected chi connectivity index (χ0v) is 12.2. The summed E-state index contributed by atoms with van der Waals surface area (Å²) in [5.74, 6) is -1.12. The van der Waals surface area contributed by atoms with E-state index in [0.717, 1.165) is 6.42 Å². The molecule has 3 N–H and O–H groups in total. The van der Waals surface area contributed by atoms with Gasteiger partial charge in [0.05, 0.1) is 6.61 Å². The number of carbonyl (C=O) groups is 2. The lowest BCUT2D eigenvalue weighted by Gasteiger charge is -2.15. The van der Waals surface area contributed by atoms with Crippen molar-refractivity contribution in [1.29, 1.82) is 0 Å². The molecule has 6 nitrogen and oxygen atoms in total. The lowest BCUT2D eigenvalue weighted by molar-refractivity contribution is -0.148. The van der Waals surface area contributed by atoms with Gasteiger partial charge in [-0.05, 0) is 41.3 Å². The van der Waals surface area contributed by atoms with E-state index >= 15 is 0 Å². The molecule has 0 rings (SSSR count). The summed E-state index contributed by atoms with van der Waals surface area (Å²) in [6.07, 6.45) is 0.835. The van der Waals surface area contributed by atoms with Gasteiger partial charge in [0.2, 0.25) is 0 Å². The number of likely N-dealkylation sites (N-methyl/N-ethyl adjacent to an activating group) is 1. The zero-order valence-electron chi connectivity index (χ0n) is 12.2. The predicted molar refractivity (Wildman–Crippen MR) is 70.3 cm³/mol. The smallest absolute Gasteiger partial charge is 0.325 e. The standard InChI is InChI=1S/C7H15NO2.C5H11NO2/c1-4-5-10-6(9)7(2,3)8;1-4(5(7)8)6(2)3/h4-5,8H2,1-3H3;4H,1-3H3,(H,7,8). The Balaban J connectivity index is 0. The molecule has 0 aromatic heterocycles. The molecule has 0 aromatic rings. The molecule has 0 aromatic carbocycles. The Hall–Kier alpha value is -1.14. The van der Waals surface area contributed by atoms with Crippen LogP contribution in [0, 0.1) is 0 Å². The van der Waals surface area contributed by atoms with Crippen LogP contribution in [0.5, 0.6) is 0 Å². The molecule has 108 valence electrons. The maximum Gasteiger partial charge on any atom is 0.325 e. The van der Waals surface area contributed by atoms with E-state index < -0.39 is 11.5 Å². The molecule has 0 spiro atoms. The van der Waals surface area contributed by atoms with Crippen molar-refractivity contribution >= 4 is 11.9 Å². The summed E-state index contributed by atoms with van der Waals surface area (Å²) < 4.78 is 4.79. The van der Waals surface area contributed by atoms with Crippen molar-refractivity contribution in [2.24, 2.45) is 5.73 Å². The minimum absolute atomic E-state index is 0.339. The van der Waals surface area contributed by atoms with Gasteiger partial charge < -0.3 is 15.6 Å². The maximum atomic E-state index is 10.9. The zero-order chi connectivity index (χ0) is 14.9. The van der Waals surface area contributed by atoms with Crippen molar-refractivity contribution in [2.45, 2.75) is 45.7 Å². The Morgan fingerprint density at radius 2 is 1.83 bits per heavy atom. The van der Waals surface area contributed by atoms with Crippen LogP contribution in [0.3, 0.4) is 0 Å². The summed E-state index contributed by atoms with van der Waals surface area (Å²) in [7, 11) is 3.47. The van der Waals surface area contributed by atoms with Crippen molar-refractivity contribution in [1.82, 2.24) is 4.90 Å². The molecule has 0 radical (unpaired) electrons. The Morgan fingerprint density at radius 3 is 2.00 bits per heavy atom. The fraction of sp³-hybridized carbons (Fsp3) is 0.833. The van der Waals surface area contributed by atoms with Crippen LogP contribution in [0.1, 0.15) is 34.1 Å². The third kappa shape index (κ3) is 10.0. The Kier molecular flexibility index (Phi) is 9.47. The fourth-order valence-electron chi connectivity index (χ4n) is 0.602. The highest BCUT2D eigenvalue weighted by atomic mass is 16.5. The first kappa shape index (κ1) is 19.2. The number of ether oxygens (including phenoxy) is 1. The van der Waals surface area contributed by atoms with Gasteiger partial charge >= 0.3 is 11.9 Å². The molecular weight excluding hydrogens is 236 g/mol. The summed E-state index contributed by atoms with van der Waals surface area (Å²) in [6, 6.07) is -0.380. The van der Waals surface area contributed by atoms with Gasteiger partial charge in [-0.2, -0.15) is 0 Å². The first-order valence-electron chi connectivity index (χ1n) is 5.89. The number of aliphatic carboxylic acids is 1. The number of nitrogens with two attached hydrogens (primary N) is 1. The molecule has 1 unspecified atom stereocenters. The van der Waals surface area contributed by atoms with Crippen LogP contribution in [0.4, 0.5) is 0 Å². The first-order valence-corrected chi connectivity index (χ1v) is 5.89. The highest BCUT2D eigenvalue weighted by Crippen LogP contribution is 1.99. The molecule has 1 atom stereocenters. The normalized spacial score (nSPS) is 12.4. The Labute approximate surface area is 109 Å². The molecule has 0 aliphatic carbocycles. The van der Waals surface area contributed by atoms with Crippen LogP contribution in [0.25, 0.3) is 0 Å². The molecule has 6 heteroatoms. The van der Waals surface area contributed by atoms with Gasteiger partial charge in [-0.3, -0.25) is 14.5 Å². The predicted octanol–water partition coefficient (Wildman–Crippen LogP) is 0.698. The number of rotatable bonds is 5. The van der Waals surface area contributed by atoms with Crippen molar-refractivity contribution in [3.05, 3.63) is 0 Å². The summed E-state index contributed by atoms with van der Waals surface area (Å²) in [6.45, 7) is 7.30. The van der Waals surface area contributed by atoms with Gasteiger partial charge in [-0.25, -0.2) is 0 Å². The quantitative estimate of drug-likeness (QED) is 0.708. The fourth-order valence-corrected chi connectivity index (χ4v) is 0.602. The summed E-state index contributed by atoms with van der Waals surface area (Å²) in [4.78, 5) is 22.6. The van der Waals surface area contributed by atoms with Gasteiger partial charge in [-0.15, -0.1) is 0 Å². The minimum Gasteiger partial charge on any atom is -0.480 e. The largest absolute Gasteiger partial charge is 0.480 e. The molecule has 0 saturated carbocycles. The molecule has 0 aliphatic heterocycles. The van der Waals surface area contributed by atoms with E-state index in [1.54, 1.807) is 39.8 Å². The third-order valence-electron chi connectivity index (χ3n) is 2.10. The van der Waals surface area contributed by atoms with Gasteiger partial charge in [0.25, 0.3) is 0 Å². The Bertz CT molecular complexity index is 259. The second-order valence-electron chi connectivity index (χ2n) is 4.84. The van der Waals surface area contributed by atoms with E-state index in [2.05, 4.69) is 0 Å². The molecule has 0 fully saturated rings. The van der Waals surface area contributed by atoms with Crippen LogP contribution in [0.2, 0.25) is 0 Å². The minimum atomic E-state index is -0.852. The first-order chi connectivity index (χ1) is 8.03. The van der Waals surface area contributed by atoms with Crippen molar-refractivity contribution in [2.75, 3.05) is 20.7 Å². The van der Waals surface area contributed by atoms with Crippen LogP contribution in [-0.2, 0) is 14.3 Å². The molecule has 0 amide bonds. The van der Waals surface area contributed by atoms with Crippen LogP contribution < -0.4 is 5.73 Å². The number of carbonyl (C=O) groups excluding carboxylic acids is 1. The summed E-state index contributed by atoms with van der Waals surface area (Å²) in [5.41, 5.74) is 4.59. The van der Waals surface area contributed by atoms with Gasteiger partial charge in [0.1, 0.15) is 11.6 Å². The topological polar surface area (TPSA) is 92.9 Å². The number of esters is 1. The maximum absolute atomic E-state index is 10.9. The molecule has 18 heavy (non-hydrogen) atoms. The monoisotopic (exact) mass is 262 g/mol. The van der Waals surface area contributed by atoms with E-state index in [0.29, 0.717) is 6.61 Å². The van der Waals surface area contributed by atoms with E-state index in [-0.39, 0.29) is 12.0 Å². The van der Waals surface area contributed by atoms with E-state index in [1.165, 1.54) is 0 Å². The number of nitrogens with zero attached hydrogens (tertiary/aromatic N) is 1. The van der Waals surface area contributed by atoms with Crippen LogP contribution in [0.15, 0.2) is 0 Å². The lowest BCUT2D eigenvalue weighted by Crippen LogP contribution is -2.42. The average Bonchev–Trinajstić information content (AvgIpc) is 2.23. The van der Waals surface area contributed by atoms with E-state index in [1.807, 2.05) is 6.92 Å². The van der Waals surface area contributed by atoms with Crippen molar-refractivity contribution in [3.63, 3.8) is 0 Å². The van der Waals surface area contributed by atoms with Crippen molar-refractivity contribution in [3.8, 4) is 0 Å². The lowest BCUT2D eigenvalue weighted by atomic mass is 10.1. The number of carboxylic acids is 1. The van der Waals surface area contributed by atoms with Gasteiger partial charge in [-0.1, -0.05) is 6.92 Å². The SMILES string of the molecule is CC(C(=O)O)N(C)C.CCCOC(=O)C(C)(C)N. The molecule has 0 bridgehead atoms. The summed E-state index contributed by atoms with van der Waals surface area (Å²) >= 11 is 0. The second-order valence-corrected chi connectivity index (χ2v) is 4.84. The van der Waals surface area contributed by atoms with Crippen LogP contribution >= 0.6 is 0 Å². The summed E-state index contributed by atoms with van der Waals surface area (Å²) in [5, 5.41) is 8.31. The highest BCUT2D eigenvalue weighted by Gasteiger charge is 2.22. The van der Waals surface area contributed by atoms with E-state index in [9.17, 15) is 9.59 Å². The van der Waals surface area contributed by atoms with E-state index in [4.69, 9.17) is 15.6 Å². The molecule has 0 saturated heterocycles. The average molecular weight is 262 g/mol. The third-order valence-corrected chi connectivity index (χ3v) is 2.10. The Morgan fingerprint density at radius 1 is 1.39 bits per heavy atom. The van der Waals surface area contributed by atoms with Crippen molar-refractivity contribution < 1.29 is 19.4 Å². The molecular formula is C12H26N2O4. The van der Waals surface area contributed by atoms with Gasteiger partial charge in [0.15, 0.2) is 0 Å². The molecule has 0 aliphatic rings. The number of carboxylic acid groups (broad SMARTS) is 1. The number of hydrogen-bond acceptors (Lipinski definition) is 5. The number of hydrogen-bond donors (Lipinski definition) is 2. The van der Waals surface area contributed by atoms with Gasteiger partial charge in [0, 0.05) is 0 Å². The second kappa shape index (κ2) is 8.88. The molecule has 0 heterocycles. The highest BCUT2D eigenvalue weighted by molar-refractivity contribution is 5.79.